The first-order chi connectivity index (χ1) is 12.7. The Hall–Kier alpha value is -2.08. The van der Waals surface area contributed by atoms with Crippen molar-refractivity contribution in [2.45, 2.75) is 25.7 Å². The molecule has 3 aliphatic rings. The fourth-order valence-electron chi connectivity index (χ4n) is 3.96. The van der Waals surface area contributed by atoms with E-state index in [4.69, 9.17) is 4.74 Å². The second kappa shape index (κ2) is 7.66. The molecule has 1 saturated carbocycles. The van der Waals surface area contributed by atoms with Crippen molar-refractivity contribution >= 4 is 17.5 Å². The first-order valence-corrected chi connectivity index (χ1v) is 9.71. The fourth-order valence-corrected chi connectivity index (χ4v) is 3.96. The number of nitrogens with one attached hydrogen (secondary N) is 2. The van der Waals surface area contributed by atoms with E-state index >= 15 is 0 Å². The van der Waals surface area contributed by atoms with E-state index in [2.05, 4.69) is 10.6 Å². The highest BCUT2D eigenvalue weighted by molar-refractivity contribution is 5.94. The summed E-state index contributed by atoms with van der Waals surface area (Å²) >= 11 is 0. The monoisotopic (exact) mass is 357 g/mol. The summed E-state index contributed by atoms with van der Waals surface area (Å²) in [5.74, 6) is 2.32. The molecule has 140 valence electrons. The average molecular weight is 357 g/mol. The number of fused-ring (bicyclic) bond motifs is 1. The van der Waals surface area contributed by atoms with Crippen molar-refractivity contribution in [1.82, 2.24) is 10.2 Å². The molecule has 3 fully saturated rings. The number of carbonyl (C=O) groups is 2. The Morgan fingerprint density at radius 1 is 1.12 bits per heavy atom. The standard InChI is InChI=1S/C20H27N3O3/c24-19(23-8-6-15-11-21-12-16(15)7-9-23)13-26-18-3-1-2-17(10-18)22-20(25)14-4-5-14/h1-3,10,14-16,21H,4-9,11-13H2,(H,22,25)/t15-,16+. The minimum atomic E-state index is 0.0466. The first kappa shape index (κ1) is 17.3. The lowest BCUT2D eigenvalue weighted by Crippen LogP contribution is -2.36. The average Bonchev–Trinajstić information content (AvgIpc) is 3.44. The van der Waals surface area contributed by atoms with Gasteiger partial charge in [-0.15, -0.1) is 0 Å². The summed E-state index contributed by atoms with van der Waals surface area (Å²) in [6, 6.07) is 7.28. The van der Waals surface area contributed by atoms with Gasteiger partial charge >= 0.3 is 0 Å². The second-order valence-electron chi connectivity index (χ2n) is 7.72. The third-order valence-corrected chi connectivity index (χ3v) is 5.78. The van der Waals surface area contributed by atoms with Crippen LogP contribution in [0.25, 0.3) is 0 Å². The molecule has 2 aliphatic heterocycles. The van der Waals surface area contributed by atoms with Gasteiger partial charge in [-0.25, -0.2) is 0 Å². The molecule has 0 spiro atoms. The van der Waals surface area contributed by atoms with Crippen LogP contribution in [0.3, 0.4) is 0 Å². The molecule has 2 saturated heterocycles. The molecule has 2 amide bonds. The molecule has 6 heteroatoms. The maximum atomic E-state index is 12.5. The summed E-state index contributed by atoms with van der Waals surface area (Å²) in [5, 5.41) is 6.36. The Balaban J connectivity index is 1.28. The Kier molecular flexibility index (Phi) is 5.11. The maximum absolute atomic E-state index is 12.5. The van der Waals surface area contributed by atoms with Crippen LogP contribution in [-0.2, 0) is 9.59 Å². The van der Waals surface area contributed by atoms with E-state index in [0.717, 1.165) is 57.5 Å². The van der Waals surface area contributed by atoms with Crippen LogP contribution in [0.5, 0.6) is 5.75 Å². The summed E-state index contributed by atoms with van der Waals surface area (Å²) < 4.78 is 5.70. The van der Waals surface area contributed by atoms with Crippen LogP contribution in [0.4, 0.5) is 5.69 Å². The quantitative estimate of drug-likeness (QED) is 0.844. The van der Waals surface area contributed by atoms with Crippen LogP contribution in [-0.4, -0.2) is 49.5 Å². The molecule has 2 N–H and O–H groups in total. The van der Waals surface area contributed by atoms with E-state index in [1.165, 1.54) is 0 Å². The predicted molar refractivity (Wildman–Crippen MR) is 99.0 cm³/mol. The number of nitrogens with zero attached hydrogens (tertiary/aromatic N) is 1. The topological polar surface area (TPSA) is 70.7 Å². The molecule has 1 aromatic rings. The van der Waals surface area contributed by atoms with Crippen LogP contribution in [0.1, 0.15) is 25.7 Å². The molecule has 1 aromatic carbocycles. The highest BCUT2D eigenvalue weighted by Gasteiger charge is 2.31. The third kappa shape index (κ3) is 4.18. The van der Waals surface area contributed by atoms with E-state index in [-0.39, 0.29) is 24.3 Å². The van der Waals surface area contributed by atoms with E-state index in [1.54, 1.807) is 6.07 Å². The van der Waals surface area contributed by atoms with Crippen molar-refractivity contribution in [3.05, 3.63) is 24.3 Å². The van der Waals surface area contributed by atoms with Gasteiger partial charge in [-0.05, 0) is 62.7 Å². The summed E-state index contributed by atoms with van der Waals surface area (Å²) in [4.78, 5) is 26.3. The lowest BCUT2D eigenvalue weighted by atomic mass is 9.92. The summed E-state index contributed by atoms with van der Waals surface area (Å²) in [6.45, 7) is 3.86. The zero-order valence-corrected chi connectivity index (χ0v) is 15.1. The molecule has 6 nitrogen and oxygen atoms in total. The fraction of sp³-hybridized carbons (Fsp3) is 0.600. The van der Waals surface area contributed by atoms with Gasteiger partial charge in [-0.2, -0.15) is 0 Å². The number of rotatable bonds is 5. The van der Waals surface area contributed by atoms with E-state index in [1.807, 2.05) is 23.1 Å². The number of hydrogen-bond acceptors (Lipinski definition) is 4. The van der Waals surface area contributed by atoms with E-state index < -0.39 is 0 Å². The van der Waals surface area contributed by atoms with Gasteiger partial charge in [0, 0.05) is 30.8 Å². The number of benzene rings is 1. The summed E-state index contributed by atoms with van der Waals surface area (Å²) in [5.41, 5.74) is 0.724. The Bertz CT molecular complexity index is 660. The molecule has 0 unspecified atom stereocenters. The zero-order valence-electron chi connectivity index (χ0n) is 15.1. The zero-order chi connectivity index (χ0) is 17.9. The van der Waals surface area contributed by atoms with E-state index in [9.17, 15) is 9.59 Å². The van der Waals surface area contributed by atoms with Crippen LogP contribution < -0.4 is 15.4 Å². The largest absolute Gasteiger partial charge is 0.484 e. The number of anilines is 1. The van der Waals surface area contributed by atoms with Crippen molar-refractivity contribution in [2.75, 3.05) is 38.1 Å². The number of hydrogen-bond donors (Lipinski definition) is 2. The van der Waals surface area contributed by atoms with Crippen LogP contribution >= 0.6 is 0 Å². The van der Waals surface area contributed by atoms with Crippen LogP contribution in [0.2, 0.25) is 0 Å². The van der Waals surface area contributed by atoms with Crippen molar-refractivity contribution in [3.8, 4) is 5.75 Å². The van der Waals surface area contributed by atoms with E-state index in [0.29, 0.717) is 17.6 Å². The normalized spacial score (nSPS) is 25.3. The highest BCUT2D eigenvalue weighted by Crippen LogP contribution is 2.30. The minimum absolute atomic E-state index is 0.0466. The van der Waals surface area contributed by atoms with Crippen molar-refractivity contribution in [1.29, 1.82) is 0 Å². The molecule has 26 heavy (non-hydrogen) atoms. The lowest BCUT2D eigenvalue weighted by Gasteiger charge is -2.21. The van der Waals surface area contributed by atoms with Crippen molar-refractivity contribution in [2.24, 2.45) is 17.8 Å². The number of likely N-dealkylation sites (tertiary alicyclic amines) is 1. The van der Waals surface area contributed by atoms with Gasteiger partial charge in [-0.3, -0.25) is 9.59 Å². The van der Waals surface area contributed by atoms with Gasteiger partial charge in [0.15, 0.2) is 6.61 Å². The molecule has 0 radical (unpaired) electrons. The SMILES string of the molecule is O=C(Nc1cccc(OCC(=O)N2CC[C@@H]3CNC[C@@H]3CC2)c1)C1CC1. The third-order valence-electron chi connectivity index (χ3n) is 5.78. The second-order valence-corrected chi connectivity index (χ2v) is 7.72. The van der Waals surface area contributed by atoms with Crippen LogP contribution in [0.15, 0.2) is 24.3 Å². The highest BCUT2D eigenvalue weighted by atomic mass is 16.5. The Labute approximate surface area is 154 Å². The van der Waals surface area contributed by atoms with Crippen LogP contribution in [0, 0.1) is 17.8 Å². The summed E-state index contributed by atoms with van der Waals surface area (Å²) in [7, 11) is 0. The van der Waals surface area contributed by atoms with Crippen molar-refractivity contribution < 1.29 is 14.3 Å². The van der Waals surface area contributed by atoms with Gasteiger partial charge < -0.3 is 20.3 Å². The predicted octanol–water partition coefficient (Wildman–Crippen LogP) is 1.87. The number of carbonyl (C=O) groups excluding carboxylic acids is 2. The minimum Gasteiger partial charge on any atom is -0.484 e. The van der Waals surface area contributed by atoms with Crippen molar-refractivity contribution in [3.63, 3.8) is 0 Å². The lowest BCUT2D eigenvalue weighted by molar-refractivity contribution is -0.133. The molecular weight excluding hydrogens is 330 g/mol. The molecule has 0 bridgehead atoms. The molecule has 2 heterocycles. The first-order valence-electron chi connectivity index (χ1n) is 9.71. The van der Waals surface area contributed by atoms with Gasteiger partial charge in [0.2, 0.25) is 5.91 Å². The maximum Gasteiger partial charge on any atom is 0.260 e. The van der Waals surface area contributed by atoms with Gasteiger partial charge in [0.25, 0.3) is 5.91 Å². The Morgan fingerprint density at radius 3 is 2.54 bits per heavy atom. The smallest absolute Gasteiger partial charge is 0.260 e. The number of amides is 2. The van der Waals surface area contributed by atoms with Gasteiger partial charge in [-0.1, -0.05) is 6.07 Å². The molecule has 2 atom stereocenters. The summed E-state index contributed by atoms with van der Waals surface area (Å²) in [6.07, 6.45) is 4.10. The van der Waals surface area contributed by atoms with Gasteiger partial charge in [0.1, 0.15) is 5.75 Å². The number of ether oxygens (including phenoxy) is 1. The molecule has 1 aliphatic carbocycles. The molecule has 0 aromatic heterocycles. The Morgan fingerprint density at radius 2 is 1.85 bits per heavy atom. The molecule has 4 rings (SSSR count). The van der Waals surface area contributed by atoms with Gasteiger partial charge in [0.05, 0.1) is 0 Å². The molecular formula is C20H27N3O3.